The Morgan fingerprint density at radius 3 is 2.33 bits per heavy atom. The maximum Gasteiger partial charge on any atom is 0.282 e. The van der Waals surface area contributed by atoms with Crippen LogP contribution in [0.1, 0.15) is 35.9 Å². The minimum absolute atomic E-state index is 0.143. The molecule has 8 heteroatoms. The lowest BCUT2D eigenvalue weighted by molar-refractivity contribution is -0.0266. The number of nitrogens with one attached hydrogen (secondary N) is 1. The summed E-state index contributed by atoms with van der Waals surface area (Å²) in [6.07, 6.45) is 4.49. The van der Waals surface area contributed by atoms with Gasteiger partial charge in [0, 0.05) is 30.1 Å². The zero-order valence-electron chi connectivity index (χ0n) is 16.6. The minimum atomic E-state index is -2.76. The van der Waals surface area contributed by atoms with Gasteiger partial charge in [-0.3, -0.25) is 4.79 Å². The van der Waals surface area contributed by atoms with Crippen LogP contribution in [0.25, 0.3) is 11.1 Å². The molecule has 1 amide bonds. The molecule has 0 unspecified atom stereocenters. The Labute approximate surface area is 173 Å². The predicted octanol–water partition coefficient (Wildman–Crippen LogP) is 4.37. The van der Waals surface area contributed by atoms with Gasteiger partial charge in [0.1, 0.15) is 5.82 Å². The summed E-state index contributed by atoms with van der Waals surface area (Å²) in [4.78, 5) is 27.1. The van der Waals surface area contributed by atoms with E-state index < -0.39 is 24.9 Å². The molecule has 30 heavy (non-hydrogen) atoms. The number of anilines is 2. The molecule has 0 atom stereocenters. The fourth-order valence-electron chi connectivity index (χ4n) is 3.27. The third-order valence-corrected chi connectivity index (χ3v) is 4.85. The number of amides is 1. The summed E-state index contributed by atoms with van der Waals surface area (Å²) < 4.78 is 27.0. The van der Waals surface area contributed by atoms with Gasteiger partial charge in [-0.05, 0) is 11.6 Å². The molecular weight excluding hydrogens is 388 g/mol. The predicted molar refractivity (Wildman–Crippen MR) is 111 cm³/mol. The Balaban J connectivity index is 1.70. The SMILES string of the molecule is CC(C)c1ncc(C(=O)Nc2c(-c3ccccc3)ccnc2N2CC(F)(F)C2)cn1. The molecule has 0 spiro atoms. The lowest BCUT2D eigenvalue weighted by Crippen LogP contribution is -2.56. The van der Waals surface area contributed by atoms with Crippen LogP contribution in [-0.2, 0) is 0 Å². The van der Waals surface area contributed by atoms with Crippen molar-refractivity contribution in [2.45, 2.75) is 25.7 Å². The van der Waals surface area contributed by atoms with Gasteiger partial charge in [-0.1, -0.05) is 44.2 Å². The molecule has 1 aromatic carbocycles. The van der Waals surface area contributed by atoms with Crippen molar-refractivity contribution in [3.63, 3.8) is 0 Å². The highest BCUT2D eigenvalue weighted by atomic mass is 19.3. The zero-order chi connectivity index (χ0) is 21.3. The van der Waals surface area contributed by atoms with E-state index >= 15 is 0 Å². The second-order valence-electron chi connectivity index (χ2n) is 7.57. The molecule has 0 aliphatic carbocycles. The van der Waals surface area contributed by atoms with E-state index in [1.807, 2.05) is 44.2 Å². The minimum Gasteiger partial charge on any atom is -0.343 e. The first-order valence-corrected chi connectivity index (χ1v) is 9.64. The number of alkyl halides is 2. The summed E-state index contributed by atoms with van der Waals surface area (Å²) in [5.74, 6) is -2.09. The second-order valence-corrected chi connectivity index (χ2v) is 7.57. The van der Waals surface area contributed by atoms with Gasteiger partial charge < -0.3 is 10.2 Å². The summed E-state index contributed by atoms with van der Waals surface area (Å²) in [7, 11) is 0. The third-order valence-electron chi connectivity index (χ3n) is 4.85. The summed E-state index contributed by atoms with van der Waals surface area (Å²) in [5, 5.41) is 2.85. The molecule has 1 aliphatic rings. The maximum absolute atomic E-state index is 13.5. The molecule has 1 aliphatic heterocycles. The van der Waals surface area contributed by atoms with Crippen LogP contribution < -0.4 is 10.2 Å². The number of rotatable bonds is 5. The van der Waals surface area contributed by atoms with E-state index in [9.17, 15) is 13.6 Å². The molecule has 1 saturated heterocycles. The molecule has 2 aromatic heterocycles. The molecule has 1 N–H and O–H groups in total. The van der Waals surface area contributed by atoms with Crippen molar-refractivity contribution in [1.82, 2.24) is 15.0 Å². The number of pyridine rings is 1. The average molecular weight is 409 g/mol. The number of nitrogens with zero attached hydrogens (tertiary/aromatic N) is 4. The van der Waals surface area contributed by atoms with Crippen molar-refractivity contribution >= 4 is 17.4 Å². The van der Waals surface area contributed by atoms with Crippen LogP contribution >= 0.6 is 0 Å². The number of carbonyl (C=O) groups excluding carboxylic acids is 1. The monoisotopic (exact) mass is 409 g/mol. The molecule has 154 valence electrons. The van der Waals surface area contributed by atoms with Crippen molar-refractivity contribution in [2.75, 3.05) is 23.3 Å². The van der Waals surface area contributed by atoms with E-state index in [2.05, 4.69) is 20.3 Å². The highest BCUT2D eigenvalue weighted by molar-refractivity contribution is 6.08. The highest BCUT2D eigenvalue weighted by Crippen LogP contribution is 2.39. The van der Waals surface area contributed by atoms with Crippen LogP contribution in [0.15, 0.2) is 55.0 Å². The van der Waals surface area contributed by atoms with E-state index in [-0.39, 0.29) is 11.5 Å². The lowest BCUT2D eigenvalue weighted by atomic mass is 10.0. The molecule has 0 radical (unpaired) electrons. The standard InChI is InChI=1S/C22H21F2N5O/c1-14(2)19-26-10-16(11-27-19)21(30)28-18-17(15-6-4-3-5-7-15)8-9-25-20(18)29-12-22(23,24)13-29/h3-11,14H,12-13H2,1-2H3,(H,28,30). The van der Waals surface area contributed by atoms with E-state index in [1.165, 1.54) is 17.3 Å². The van der Waals surface area contributed by atoms with Gasteiger partial charge in [-0.2, -0.15) is 0 Å². The lowest BCUT2D eigenvalue weighted by Gasteiger charge is -2.40. The quantitative estimate of drug-likeness (QED) is 0.678. The van der Waals surface area contributed by atoms with Gasteiger partial charge in [-0.15, -0.1) is 0 Å². The molecule has 3 heterocycles. The van der Waals surface area contributed by atoms with Gasteiger partial charge >= 0.3 is 0 Å². The van der Waals surface area contributed by atoms with E-state index in [4.69, 9.17) is 0 Å². The average Bonchev–Trinajstić information content (AvgIpc) is 2.73. The molecule has 6 nitrogen and oxygen atoms in total. The third kappa shape index (κ3) is 3.98. The first kappa shape index (κ1) is 19.9. The number of halogens is 2. The number of hydrogen-bond donors (Lipinski definition) is 1. The molecule has 0 saturated carbocycles. The fraction of sp³-hybridized carbons (Fsp3) is 0.273. The van der Waals surface area contributed by atoms with E-state index in [1.54, 1.807) is 12.3 Å². The fourth-order valence-corrected chi connectivity index (χ4v) is 3.27. The van der Waals surface area contributed by atoms with Crippen molar-refractivity contribution in [3.05, 3.63) is 66.4 Å². The summed E-state index contributed by atoms with van der Waals surface area (Å²) in [5.41, 5.74) is 2.21. The van der Waals surface area contributed by atoms with Gasteiger partial charge in [0.15, 0.2) is 5.82 Å². The number of carbonyl (C=O) groups is 1. The van der Waals surface area contributed by atoms with Crippen LogP contribution in [0.3, 0.4) is 0 Å². The van der Waals surface area contributed by atoms with Crippen LogP contribution in [0, 0.1) is 0 Å². The summed E-state index contributed by atoms with van der Waals surface area (Å²) in [6.45, 7) is 3.05. The topological polar surface area (TPSA) is 71.0 Å². The highest BCUT2D eigenvalue weighted by Gasteiger charge is 2.45. The molecular formula is C22H21F2N5O. The summed E-state index contributed by atoms with van der Waals surface area (Å²) >= 11 is 0. The van der Waals surface area contributed by atoms with Crippen LogP contribution in [-0.4, -0.2) is 39.9 Å². The number of hydrogen-bond acceptors (Lipinski definition) is 5. The largest absolute Gasteiger partial charge is 0.343 e. The van der Waals surface area contributed by atoms with E-state index in [0.29, 0.717) is 22.9 Å². The number of aromatic nitrogens is 3. The Morgan fingerprint density at radius 1 is 1.07 bits per heavy atom. The normalized spacial score (nSPS) is 15.0. The van der Waals surface area contributed by atoms with Crippen molar-refractivity contribution in [2.24, 2.45) is 0 Å². The first-order valence-electron chi connectivity index (χ1n) is 9.64. The Hall–Kier alpha value is -3.42. The first-order chi connectivity index (χ1) is 14.3. The van der Waals surface area contributed by atoms with Gasteiger partial charge in [0.05, 0.1) is 24.3 Å². The smallest absolute Gasteiger partial charge is 0.282 e. The van der Waals surface area contributed by atoms with Crippen molar-refractivity contribution in [1.29, 1.82) is 0 Å². The molecule has 1 fully saturated rings. The molecule has 3 aromatic rings. The summed E-state index contributed by atoms with van der Waals surface area (Å²) in [6, 6.07) is 11.2. The van der Waals surface area contributed by atoms with Crippen LogP contribution in [0.5, 0.6) is 0 Å². The number of benzene rings is 1. The van der Waals surface area contributed by atoms with Gasteiger partial charge in [0.25, 0.3) is 11.8 Å². The molecule has 4 rings (SSSR count). The van der Waals surface area contributed by atoms with Gasteiger partial charge in [0.2, 0.25) is 0 Å². The zero-order valence-corrected chi connectivity index (χ0v) is 16.6. The van der Waals surface area contributed by atoms with E-state index in [0.717, 1.165) is 5.56 Å². The Kier molecular flexibility index (Phi) is 5.15. The molecule has 0 bridgehead atoms. The van der Waals surface area contributed by atoms with Crippen molar-refractivity contribution < 1.29 is 13.6 Å². The second kappa shape index (κ2) is 7.78. The van der Waals surface area contributed by atoms with Gasteiger partial charge in [-0.25, -0.2) is 23.7 Å². The van der Waals surface area contributed by atoms with Crippen molar-refractivity contribution in [3.8, 4) is 11.1 Å². The van der Waals surface area contributed by atoms with Crippen LogP contribution in [0.4, 0.5) is 20.3 Å². The maximum atomic E-state index is 13.5. The Bertz CT molecular complexity index is 1050. The Morgan fingerprint density at radius 2 is 1.73 bits per heavy atom. The van der Waals surface area contributed by atoms with Crippen LogP contribution in [0.2, 0.25) is 0 Å².